The molecule has 0 aliphatic heterocycles. The molecule has 0 saturated heterocycles. The lowest BCUT2D eigenvalue weighted by Gasteiger charge is -2.14. The van der Waals surface area contributed by atoms with E-state index in [9.17, 15) is 14.0 Å². The van der Waals surface area contributed by atoms with E-state index in [0.29, 0.717) is 35.4 Å². The molecule has 1 unspecified atom stereocenters. The van der Waals surface area contributed by atoms with E-state index in [1.807, 2.05) is 19.1 Å². The van der Waals surface area contributed by atoms with E-state index < -0.39 is 29.8 Å². The molecule has 0 radical (unpaired) electrons. The van der Waals surface area contributed by atoms with E-state index in [1.54, 1.807) is 19.1 Å². The molecule has 1 aliphatic rings. The van der Waals surface area contributed by atoms with E-state index in [4.69, 9.17) is 18.9 Å². The van der Waals surface area contributed by atoms with Crippen molar-refractivity contribution in [2.45, 2.75) is 51.2 Å². The normalized spacial score (nSPS) is 14.1. The summed E-state index contributed by atoms with van der Waals surface area (Å²) in [5.41, 5.74) is 0.977. The average molecular weight is 601 g/mol. The number of carbonyl (C=O) groups is 2. The standard InChI is InChI=1S/C28H29FN6O6.ClH/c1-3-22(39-19-9-6-16(7-10-19)24-32-27(40-34-24)17-4-5-17)28-33-25(35-41-28)18-8-11-20(21(29)12-18)26(38)31-15(2)13-30-14-23(36)37;/h6-12,15,17,22,30H,3-5,13-14H2,1-2H3,(H,31,38)(H,36,37);1H/t15-,22?;/m1./s1. The average Bonchev–Trinajstić information content (AvgIpc) is 3.47. The summed E-state index contributed by atoms with van der Waals surface area (Å²) < 4.78 is 31.7. The lowest BCUT2D eigenvalue weighted by Crippen LogP contribution is -2.41. The van der Waals surface area contributed by atoms with Crippen molar-refractivity contribution < 1.29 is 32.9 Å². The quantitative estimate of drug-likeness (QED) is 0.197. The van der Waals surface area contributed by atoms with Crippen molar-refractivity contribution in [2.24, 2.45) is 0 Å². The zero-order chi connectivity index (χ0) is 28.9. The summed E-state index contributed by atoms with van der Waals surface area (Å²) in [4.78, 5) is 31.9. The molecule has 0 bridgehead atoms. The minimum Gasteiger partial charge on any atom is -0.481 e. The molecule has 4 aromatic rings. The highest BCUT2D eigenvalue weighted by Crippen LogP contribution is 2.39. The van der Waals surface area contributed by atoms with Gasteiger partial charge in [-0.1, -0.05) is 23.3 Å². The smallest absolute Gasteiger partial charge is 0.317 e. The molecule has 14 heteroatoms. The second kappa shape index (κ2) is 13.5. The maximum Gasteiger partial charge on any atom is 0.317 e. The highest BCUT2D eigenvalue weighted by atomic mass is 35.5. The molecule has 2 atom stereocenters. The van der Waals surface area contributed by atoms with Crippen LogP contribution in [0.15, 0.2) is 51.5 Å². The van der Waals surface area contributed by atoms with Crippen LogP contribution in [-0.2, 0) is 4.79 Å². The Morgan fingerprint density at radius 3 is 2.43 bits per heavy atom. The van der Waals surface area contributed by atoms with Gasteiger partial charge in [0.15, 0.2) is 6.10 Å². The number of rotatable bonds is 13. The summed E-state index contributed by atoms with van der Waals surface area (Å²) in [6.07, 6.45) is 2.15. The molecule has 2 aromatic heterocycles. The second-order valence-corrected chi connectivity index (χ2v) is 9.82. The van der Waals surface area contributed by atoms with Gasteiger partial charge in [0.1, 0.15) is 11.6 Å². The Hall–Kier alpha value is -4.36. The maximum atomic E-state index is 14.8. The predicted molar refractivity (Wildman–Crippen MR) is 150 cm³/mol. The fourth-order valence-electron chi connectivity index (χ4n) is 4.07. The number of nitrogens with zero attached hydrogens (tertiary/aromatic N) is 4. The van der Waals surface area contributed by atoms with Crippen molar-refractivity contribution in [3.05, 3.63) is 65.6 Å². The van der Waals surface area contributed by atoms with Crippen LogP contribution in [0.5, 0.6) is 5.75 Å². The first-order chi connectivity index (χ1) is 19.8. The highest BCUT2D eigenvalue weighted by molar-refractivity contribution is 5.95. The third kappa shape index (κ3) is 7.47. The number of aromatic nitrogens is 4. The van der Waals surface area contributed by atoms with Gasteiger partial charge in [-0.05, 0) is 62.6 Å². The van der Waals surface area contributed by atoms with E-state index in [1.165, 1.54) is 12.1 Å². The maximum absolute atomic E-state index is 14.8. The van der Waals surface area contributed by atoms with Gasteiger partial charge in [0, 0.05) is 29.6 Å². The minimum absolute atomic E-state index is 0. The van der Waals surface area contributed by atoms with Crippen LogP contribution in [0.4, 0.5) is 4.39 Å². The Balaban J connectivity index is 0.00000405. The van der Waals surface area contributed by atoms with Crippen molar-refractivity contribution in [3.63, 3.8) is 0 Å². The van der Waals surface area contributed by atoms with Crippen molar-refractivity contribution in [2.75, 3.05) is 13.1 Å². The lowest BCUT2D eigenvalue weighted by molar-refractivity contribution is -0.135. The summed E-state index contributed by atoms with van der Waals surface area (Å²) in [6.45, 7) is 3.56. The number of carboxylic acids is 1. The number of ether oxygens (including phenoxy) is 1. The zero-order valence-electron chi connectivity index (χ0n) is 22.9. The number of aliphatic carboxylic acids is 1. The molecular weight excluding hydrogens is 571 g/mol. The molecule has 1 amide bonds. The van der Waals surface area contributed by atoms with Gasteiger partial charge in [-0.2, -0.15) is 9.97 Å². The molecule has 12 nitrogen and oxygen atoms in total. The van der Waals surface area contributed by atoms with E-state index >= 15 is 0 Å². The number of hydrogen-bond donors (Lipinski definition) is 3. The minimum atomic E-state index is -1.01. The Labute approximate surface area is 246 Å². The Morgan fingerprint density at radius 2 is 1.76 bits per heavy atom. The van der Waals surface area contributed by atoms with Crippen LogP contribution in [0.2, 0.25) is 0 Å². The first kappa shape index (κ1) is 30.6. The van der Waals surface area contributed by atoms with E-state index in [2.05, 4.69) is 30.9 Å². The molecule has 0 spiro atoms. The largest absolute Gasteiger partial charge is 0.481 e. The zero-order valence-corrected chi connectivity index (χ0v) is 23.7. The number of benzene rings is 2. The number of amides is 1. The van der Waals surface area contributed by atoms with Gasteiger partial charge in [0.05, 0.1) is 12.1 Å². The molecule has 42 heavy (non-hydrogen) atoms. The molecule has 1 aliphatic carbocycles. The van der Waals surface area contributed by atoms with Crippen LogP contribution in [0.1, 0.15) is 67.3 Å². The monoisotopic (exact) mass is 600 g/mol. The number of carboxylic acid groups (broad SMARTS) is 1. The molecule has 1 saturated carbocycles. The van der Waals surface area contributed by atoms with Gasteiger partial charge in [0.2, 0.25) is 17.5 Å². The first-order valence-corrected chi connectivity index (χ1v) is 13.3. The summed E-state index contributed by atoms with van der Waals surface area (Å²) >= 11 is 0. The fourth-order valence-corrected chi connectivity index (χ4v) is 4.07. The fraction of sp³-hybridized carbons (Fsp3) is 0.357. The lowest BCUT2D eigenvalue weighted by atomic mass is 10.1. The number of carbonyl (C=O) groups excluding carboxylic acids is 1. The second-order valence-electron chi connectivity index (χ2n) is 9.82. The molecular formula is C28H30ClFN6O6. The molecule has 2 heterocycles. The van der Waals surface area contributed by atoms with Gasteiger partial charge < -0.3 is 29.5 Å². The van der Waals surface area contributed by atoms with Crippen molar-refractivity contribution >= 4 is 24.3 Å². The SMILES string of the molecule is CCC(Oc1ccc(-c2noc(C3CC3)n2)cc1)c1nc(-c2ccc(C(=O)N[C@H](C)CNCC(=O)O)c(F)c2)no1.Cl. The van der Waals surface area contributed by atoms with Crippen molar-refractivity contribution in [3.8, 4) is 28.5 Å². The first-order valence-electron chi connectivity index (χ1n) is 13.3. The number of halogens is 2. The Morgan fingerprint density at radius 1 is 1.07 bits per heavy atom. The molecule has 2 aromatic carbocycles. The van der Waals surface area contributed by atoms with E-state index in [0.717, 1.165) is 24.5 Å². The molecule has 5 rings (SSSR count). The van der Waals surface area contributed by atoms with Gasteiger partial charge >= 0.3 is 5.97 Å². The molecule has 3 N–H and O–H groups in total. The van der Waals surface area contributed by atoms with Crippen LogP contribution in [-0.4, -0.2) is 56.4 Å². The van der Waals surface area contributed by atoms with Gasteiger partial charge in [-0.25, -0.2) is 4.39 Å². The van der Waals surface area contributed by atoms with Crippen LogP contribution >= 0.6 is 12.4 Å². The van der Waals surface area contributed by atoms with E-state index in [-0.39, 0.29) is 42.8 Å². The van der Waals surface area contributed by atoms with Crippen LogP contribution in [0, 0.1) is 5.82 Å². The number of hydrogen-bond acceptors (Lipinski definition) is 10. The van der Waals surface area contributed by atoms with Crippen LogP contribution in [0.3, 0.4) is 0 Å². The topological polar surface area (TPSA) is 166 Å². The van der Waals surface area contributed by atoms with Crippen LogP contribution < -0.4 is 15.4 Å². The summed E-state index contributed by atoms with van der Waals surface area (Å²) in [7, 11) is 0. The Bertz CT molecular complexity index is 1520. The summed E-state index contributed by atoms with van der Waals surface area (Å²) in [6, 6.07) is 10.9. The van der Waals surface area contributed by atoms with Crippen molar-refractivity contribution in [1.82, 2.24) is 30.9 Å². The third-order valence-corrected chi connectivity index (χ3v) is 6.42. The number of nitrogens with one attached hydrogen (secondary N) is 2. The van der Waals surface area contributed by atoms with Crippen molar-refractivity contribution in [1.29, 1.82) is 0 Å². The summed E-state index contributed by atoms with van der Waals surface area (Å²) in [5.74, 6) is 0.156. The van der Waals surface area contributed by atoms with Gasteiger partial charge in [-0.3, -0.25) is 9.59 Å². The molecule has 1 fully saturated rings. The van der Waals surface area contributed by atoms with Gasteiger partial charge in [0.25, 0.3) is 11.8 Å². The third-order valence-electron chi connectivity index (χ3n) is 6.42. The summed E-state index contributed by atoms with van der Waals surface area (Å²) in [5, 5.41) is 22.0. The van der Waals surface area contributed by atoms with Gasteiger partial charge in [-0.15, -0.1) is 12.4 Å². The van der Waals surface area contributed by atoms with Crippen LogP contribution in [0.25, 0.3) is 22.8 Å². The predicted octanol–water partition coefficient (Wildman–Crippen LogP) is 4.55. The Kier molecular flexibility index (Phi) is 9.86. The molecule has 222 valence electrons. The highest BCUT2D eigenvalue weighted by Gasteiger charge is 2.30.